The maximum atomic E-state index is 13.5. The average Bonchev–Trinajstić information content (AvgIpc) is 3.00. The van der Waals surface area contributed by atoms with Crippen molar-refractivity contribution < 1.29 is 13.9 Å². The summed E-state index contributed by atoms with van der Waals surface area (Å²) in [7, 11) is 1.41. The van der Waals surface area contributed by atoms with E-state index in [4.69, 9.17) is 9.84 Å². The van der Waals surface area contributed by atoms with Crippen LogP contribution in [0.3, 0.4) is 0 Å². The third-order valence-corrected chi connectivity index (χ3v) is 5.52. The summed E-state index contributed by atoms with van der Waals surface area (Å²) in [5, 5.41) is 6.65. The first-order valence-electron chi connectivity index (χ1n) is 9.71. The number of esters is 1. The van der Waals surface area contributed by atoms with E-state index in [2.05, 4.69) is 6.92 Å². The molecule has 148 valence electrons. The number of unbranched alkanes of at least 4 members (excludes halogenated alkanes) is 1. The van der Waals surface area contributed by atoms with Crippen molar-refractivity contribution in [3.05, 3.63) is 65.5 Å². The molecule has 2 aromatic rings. The summed E-state index contributed by atoms with van der Waals surface area (Å²) in [5.74, 6) is -0.778. The van der Waals surface area contributed by atoms with Gasteiger partial charge in [-0.2, -0.15) is 5.10 Å². The Morgan fingerprint density at radius 2 is 1.82 bits per heavy atom. The molecule has 2 aromatic carbocycles. The number of rotatable bonds is 6. The molecule has 0 radical (unpaired) electrons. The van der Waals surface area contributed by atoms with Crippen LogP contribution in [0.15, 0.2) is 53.6 Å². The first-order valence-corrected chi connectivity index (χ1v) is 9.71. The number of hydrazone groups is 1. The van der Waals surface area contributed by atoms with Crippen LogP contribution in [-0.2, 0) is 9.53 Å². The maximum Gasteiger partial charge on any atom is 0.334 e. The third-order valence-electron chi connectivity index (χ3n) is 5.52. The molecule has 1 heterocycles. The quantitative estimate of drug-likeness (QED) is 0.653. The summed E-state index contributed by atoms with van der Waals surface area (Å²) < 4.78 is 18.7. The van der Waals surface area contributed by atoms with Crippen molar-refractivity contribution >= 4 is 17.4 Å². The first-order chi connectivity index (χ1) is 13.4. The van der Waals surface area contributed by atoms with Gasteiger partial charge < -0.3 is 4.74 Å². The first kappa shape index (κ1) is 20.1. The molecule has 0 aliphatic carbocycles. The number of hydrogen-bond acceptors (Lipinski definition) is 4. The number of aryl methyl sites for hydroxylation is 1. The van der Waals surface area contributed by atoms with E-state index in [1.165, 1.54) is 19.2 Å². The van der Waals surface area contributed by atoms with E-state index >= 15 is 0 Å². The average molecular weight is 382 g/mol. The lowest BCUT2D eigenvalue weighted by molar-refractivity contribution is -0.147. The highest BCUT2D eigenvalue weighted by Crippen LogP contribution is 2.42. The van der Waals surface area contributed by atoms with Crippen LogP contribution in [0.25, 0.3) is 0 Å². The van der Waals surface area contributed by atoms with Crippen LogP contribution in [0.1, 0.15) is 44.2 Å². The van der Waals surface area contributed by atoms with E-state index < -0.39 is 5.54 Å². The summed E-state index contributed by atoms with van der Waals surface area (Å²) in [4.78, 5) is 13.0. The van der Waals surface area contributed by atoms with E-state index in [0.29, 0.717) is 0 Å². The van der Waals surface area contributed by atoms with E-state index in [1.54, 1.807) is 17.1 Å². The predicted octanol–water partition coefficient (Wildman–Crippen LogP) is 5.10. The molecule has 2 atom stereocenters. The van der Waals surface area contributed by atoms with Crippen LogP contribution in [0.2, 0.25) is 0 Å². The van der Waals surface area contributed by atoms with Gasteiger partial charge in [0.05, 0.1) is 18.5 Å². The fourth-order valence-corrected chi connectivity index (χ4v) is 3.85. The Bertz CT molecular complexity index is 861. The molecular formula is C23H27FN2O2. The second-order valence-corrected chi connectivity index (χ2v) is 7.47. The smallest absolute Gasteiger partial charge is 0.334 e. The van der Waals surface area contributed by atoms with Crippen molar-refractivity contribution in [1.82, 2.24) is 0 Å². The topological polar surface area (TPSA) is 41.9 Å². The van der Waals surface area contributed by atoms with Crippen molar-refractivity contribution in [3.8, 4) is 0 Å². The standard InChI is InChI=1S/C23H27FN2O2/c1-5-6-7-20-21(17-10-12-18(24)13-11-17)25-26(23(20,3)22(27)28-4)19-14-8-16(2)9-15-19/h8-15,20H,5-7H2,1-4H3. The van der Waals surface area contributed by atoms with Crippen LogP contribution in [0.5, 0.6) is 0 Å². The van der Waals surface area contributed by atoms with Crippen LogP contribution in [0.4, 0.5) is 10.1 Å². The minimum atomic E-state index is -0.969. The lowest BCUT2D eigenvalue weighted by Gasteiger charge is -2.36. The Labute approximate surface area is 166 Å². The zero-order valence-electron chi connectivity index (χ0n) is 16.9. The van der Waals surface area contributed by atoms with Gasteiger partial charge in [-0.1, -0.05) is 49.6 Å². The predicted molar refractivity (Wildman–Crippen MR) is 110 cm³/mol. The largest absolute Gasteiger partial charge is 0.467 e. The number of anilines is 1. The number of methoxy groups -OCH3 is 1. The molecule has 0 saturated carbocycles. The maximum absolute atomic E-state index is 13.5. The van der Waals surface area contributed by atoms with Crippen molar-refractivity contribution in [2.75, 3.05) is 12.1 Å². The fourth-order valence-electron chi connectivity index (χ4n) is 3.85. The van der Waals surface area contributed by atoms with Crippen LogP contribution in [0, 0.1) is 18.7 Å². The van der Waals surface area contributed by atoms with Crippen molar-refractivity contribution in [3.63, 3.8) is 0 Å². The van der Waals surface area contributed by atoms with Crippen LogP contribution < -0.4 is 5.01 Å². The van der Waals surface area contributed by atoms with Gasteiger partial charge in [0.25, 0.3) is 0 Å². The lowest BCUT2D eigenvalue weighted by atomic mass is 9.77. The van der Waals surface area contributed by atoms with Gasteiger partial charge in [-0.25, -0.2) is 14.2 Å². The molecule has 1 aliphatic rings. The molecule has 0 aromatic heterocycles. The molecule has 0 amide bonds. The number of carbonyl (C=O) groups excluding carboxylic acids is 1. The van der Waals surface area contributed by atoms with Crippen molar-refractivity contribution in [2.24, 2.45) is 11.0 Å². The Hall–Kier alpha value is -2.69. The summed E-state index contributed by atoms with van der Waals surface area (Å²) >= 11 is 0. The van der Waals surface area contributed by atoms with Crippen LogP contribution in [-0.4, -0.2) is 24.3 Å². The molecule has 3 rings (SSSR count). The number of hydrogen-bond donors (Lipinski definition) is 0. The highest BCUT2D eigenvalue weighted by atomic mass is 19.1. The Morgan fingerprint density at radius 1 is 1.18 bits per heavy atom. The fraction of sp³-hybridized carbons (Fsp3) is 0.391. The molecule has 28 heavy (non-hydrogen) atoms. The van der Waals surface area contributed by atoms with Gasteiger partial charge >= 0.3 is 5.97 Å². The lowest BCUT2D eigenvalue weighted by Crippen LogP contribution is -2.53. The Kier molecular flexibility index (Phi) is 5.82. The molecule has 0 fully saturated rings. The van der Waals surface area contributed by atoms with Gasteiger partial charge in [0, 0.05) is 5.92 Å². The normalized spacial score (nSPS) is 21.5. The van der Waals surface area contributed by atoms with Gasteiger partial charge in [0.1, 0.15) is 5.82 Å². The summed E-state index contributed by atoms with van der Waals surface area (Å²) in [6, 6.07) is 14.2. The summed E-state index contributed by atoms with van der Waals surface area (Å²) in [6.45, 7) is 6.03. The minimum absolute atomic E-state index is 0.160. The van der Waals surface area contributed by atoms with E-state index in [9.17, 15) is 9.18 Å². The SMILES string of the molecule is CCCCC1C(c2ccc(F)cc2)=NN(c2ccc(C)cc2)C1(C)C(=O)OC. The monoisotopic (exact) mass is 382 g/mol. The number of carbonyl (C=O) groups is 1. The van der Waals surface area contributed by atoms with Crippen molar-refractivity contribution in [1.29, 1.82) is 0 Å². The highest BCUT2D eigenvalue weighted by molar-refractivity contribution is 6.09. The molecule has 1 aliphatic heterocycles. The van der Waals surface area contributed by atoms with Crippen LogP contribution >= 0.6 is 0 Å². The molecule has 4 nitrogen and oxygen atoms in total. The molecule has 2 unspecified atom stereocenters. The van der Waals surface area contributed by atoms with Crippen molar-refractivity contribution in [2.45, 2.75) is 45.6 Å². The second kappa shape index (κ2) is 8.13. The number of benzene rings is 2. The number of nitrogens with zero attached hydrogens (tertiary/aromatic N) is 2. The van der Waals surface area contributed by atoms with E-state index in [-0.39, 0.29) is 17.7 Å². The molecule has 5 heteroatoms. The molecule has 0 bridgehead atoms. The molecule has 0 spiro atoms. The Morgan fingerprint density at radius 3 is 2.39 bits per heavy atom. The van der Waals surface area contributed by atoms with E-state index in [1.807, 2.05) is 38.1 Å². The molecule has 0 saturated heterocycles. The Balaban J connectivity index is 2.14. The number of ether oxygens (including phenoxy) is 1. The highest BCUT2D eigenvalue weighted by Gasteiger charge is 2.54. The van der Waals surface area contributed by atoms with Gasteiger partial charge in [0.15, 0.2) is 5.54 Å². The van der Waals surface area contributed by atoms with Gasteiger partial charge in [0.2, 0.25) is 0 Å². The molecule has 0 N–H and O–H groups in total. The van der Waals surface area contributed by atoms with Gasteiger partial charge in [-0.05, 0) is 50.1 Å². The molecular weight excluding hydrogens is 355 g/mol. The number of halogens is 1. The summed E-state index contributed by atoms with van der Waals surface area (Å²) in [6.07, 6.45) is 2.76. The van der Waals surface area contributed by atoms with Gasteiger partial charge in [-0.3, -0.25) is 0 Å². The third kappa shape index (κ3) is 3.53. The zero-order valence-corrected chi connectivity index (χ0v) is 16.9. The van der Waals surface area contributed by atoms with E-state index in [0.717, 1.165) is 41.8 Å². The summed E-state index contributed by atoms with van der Waals surface area (Å²) in [5.41, 5.74) is 2.61. The van der Waals surface area contributed by atoms with Gasteiger partial charge in [-0.15, -0.1) is 0 Å². The zero-order chi connectivity index (χ0) is 20.3. The minimum Gasteiger partial charge on any atom is -0.467 e. The second-order valence-electron chi connectivity index (χ2n) is 7.47.